The fourth-order valence-corrected chi connectivity index (χ4v) is 1.07. The third-order valence-electron chi connectivity index (χ3n) is 2.00. The lowest BCUT2D eigenvalue weighted by Crippen LogP contribution is -2.25. The molecule has 78 valence electrons. The zero-order chi connectivity index (χ0) is 10.4. The number of nitrogens with zero attached hydrogens (tertiary/aromatic N) is 2. The molecule has 0 spiro atoms. The minimum Gasteiger partial charge on any atom is -0.488 e. The molecule has 0 aliphatic carbocycles. The molecule has 1 atom stereocenters. The molecule has 1 heterocycles. The molecule has 0 aliphatic rings. The van der Waals surface area contributed by atoms with Gasteiger partial charge < -0.3 is 9.47 Å². The molecule has 0 fully saturated rings. The summed E-state index contributed by atoms with van der Waals surface area (Å²) in [5, 5.41) is 0. The van der Waals surface area contributed by atoms with Crippen LogP contribution in [0.2, 0.25) is 0 Å². The molecule has 1 aromatic heterocycles. The van der Waals surface area contributed by atoms with E-state index < -0.39 is 0 Å². The highest BCUT2D eigenvalue weighted by Gasteiger charge is 2.12. The van der Waals surface area contributed by atoms with Gasteiger partial charge >= 0.3 is 0 Å². The van der Waals surface area contributed by atoms with Gasteiger partial charge in [-0.3, -0.25) is 0 Å². The zero-order valence-corrected chi connectivity index (χ0v) is 8.80. The van der Waals surface area contributed by atoms with Crippen LogP contribution in [0.25, 0.3) is 0 Å². The summed E-state index contributed by atoms with van der Waals surface area (Å²) in [6.07, 6.45) is 4.86. The fourth-order valence-electron chi connectivity index (χ4n) is 1.07. The van der Waals surface area contributed by atoms with E-state index in [0.717, 1.165) is 0 Å². The second-order valence-electron chi connectivity index (χ2n) is 3.40. The molecule has 0 aromatic carbocycles. The third-order valence-corrected chi connectivity index (χ3v) is 2.00. The third kappa shape index (κ3) is 3.30. The molecular weight excluding hydrogens is 180 g/mol. The number of aromatic nitrogens is 2. The number of hydrogen-bond donors (Lipinski definition) is 0. The van der Waals surface area contributed by atoms with Crippen LogP contribution in [0.15, 0.2) is 18.7 Å². The predicted molar refractivity (Wildman–Crippen MR) is 53.2 cm³/mol. The summed E-state index contributed by atoms with van der Waals surface area (Å²) in [5.41, 5.74) is 0. The van der Waals surface area contributed by atoms with E-state index in [0.29, 0.717) is 18.3 Å². The monoisotopic (exact) mass is 196 g/mol. The first-order chi connectivity index (χ1) is 6.74. The summed E-state index contributed by atoms with van der Waals surface area (Å²) in [6.45, 7) is 4.72. The van der Waals surface area contributed by atoms with E-state index in [2.05, 4.69) is 23.8 Å². The molecule has 0 aliphatic heterocycles. The van der Waals surface area contributed by atoms with Gasteiger partial charge in [-0.15, -0.1) is 0 Å². The zero-order valence-electron chi connectivity index (χ0n) is 8.80. The predicted octanol–water partition coefficient (Wildman–Crippen LogP) is 1.53. The standard InChI is InChI=1S/C10H16N2O2/c1-8(2)10(13-3)6-14-9-4-11-7-12-5-9/h4-5,7-8,10H,6H2,1-3H3. The lowest BCUT2D eigenvalue weighted by molar-refractivity contribution is 0.0260. The summed E-state index contributed by atoms with van der Waals surface area (Å²) >= 11 is 0. The van der Waals surface area contributed by atoms with Crippen molar-refractivity contribution in [3.8, 4) is 5.75 Å². The summed E-state index contributed by atoms with van der Waals surface area (Å²) in [7, 11) is 1.69. The van der Waals surface area contributed by atoms with Crippen LogP contribution in [0.4, 0.5) is 0 Å². The Morgan fingerprint density at radius 2 is 1.93 bits per heavy atom. The Bertz CT molecular complexity index is 252. The molecule has 0 saturated heterocycles. The molecule has 0 radical (unpaired) electrons. The van der Waals surface area contributed by atoms with E-state index >= 15 is 0 Å². The van der Waals surface area contributed by atoms with Gasteiger partial charge in [0.1, 0.15) is 12.9 Å². The molecule has 0 saturated carbocycles. The van der Waals surface area contributed by atoms with Crippen molar-refractivity contribution in [2.24, 2.45) is 5.92 Å². The molecule has 0 N–H and O–H groups in total. The molecule has 0 amide bonds. The summed E-state index contributed by atoms with van der Waals surface area (Å²) in [4.78, 5) is 7.71. The first-order valence-corrected chi connectivity index (χ1v) is 4.64. The van der Waals surface area contributed by atoms with Crippen LogP contribution in [0.1, 0.15) is 13.8 Å². The Kier molecular flexibility index (Phi) is 4.32. The van der Waals surface area contributed by atoms with Gasteiger partial charge in [-0.2, -0.15) is 0 Å². The Hall–Kier alpha value is -1.16. The van der Waals surface area contributed by atoms with Crippen LogP contribution in [0.5, 0.6) is 5.75 Å². The van der Waals surface area contributed by atoms with Crippen LogP contribution < -0.4 is 4.74 Å². The molecule has 0 bridgehead atoms. The summed E-state index contributed by atoms with van der Waals surface area (Å²) < 4.78 is 10.7. The van der Waals surface area contributed by atoms with Crippen molar-refractivity contribution >= 4 is 0 Å². The highest BCUT2D eigenvalue weighted by molar-refractivity contribution is 5.09. The maximum absolute atomic E-state index is 5.47. The van der Waals surface area contributed by atoms with Gasteiger partial charge in [0.25, 0.3) is 0 Å². The SMILES string of the molecule is COC(COc1cncnc1)C(C)C. The largest absolute Gasteiger partial charge is 0.488 e. The van der Waals surface area contributed by atoms with E-state index in [4.69, 9.17) is 9.47 Å². The normalized spacial score (nSPS) is 12.9. The highest BCUT2D eigenvalue weighted by atomic mass is 16.5. The van der Waals surface area contributed by atoms with E-state index in [-0.39, 0.29) is 6.10 Å². The maximum atomic E-state index is 5.47. The van der Waals surface area contributed by atoms with Gasteiger partial charge in [-0.05, 0) is 5.92 Å². The smallest absolute Gasteiger partial charge is 0.156 e. The molecule has 1 rings (SSSR count). The number of rotatable bonds is 5. The Balaban J connectivity index is 2.40. The first kappa shape index (κ1) is 10.9. The van der Waals surface area contributed by atoms with E-state index in [9.17, 15) is 0 Å². The second kappa shape index (κ2) is 5.54. The van der Waals surface area contributed by atoms with E-state index in [1.807, 2.05) is 0 Å². The average Bonchev–Trinajstić information content (AvgIpc) is 2.20. The van der Waals surface area contributed by atoms with Crippen LogP contribution in [0, 0.1) is 5.92 Å². The van der Waals surface area contributed by atoms with Crippen LogP contribution >= 0.6 is 0 Å². The highest BCUT2D eigenvalue weighted by Crippen LogP contribution is 2.09. The van der Waals surface area contributed by atoms with Gasteiger partial charge in [0, 0.05) is 7.11 Å². The number of hydrogen-bond acceptors (Lipinski definition) is 4. The quantitative estimate of drug-likeness (QED) is 0.716. The topological polar surface area (TPSA) is 44.2 Å². The van der Waals surface area contributed by atoms with Crippen LogP contribution in [-0.2, 0) is 4.74 Å². The van der Waals surface area contributed by atoms with Crippen LogP contribution in [0.3, 0.4) is 0 Å². The minimum atomic E-state index is 0.107. The number of methoxy groups -OCH3 is 1. The Labute approximate surface area is 84.3 Å². The van der Waals surface area contributed by atoms with Gasteiger partial charge in [-0.1, -0.05) is 13.8 Å². The lowest BCUT2D eigenvalue weighted by Gasteiger charge is -2.19. The van der Waals surface area contributed by atoms with Gasteiger partial charge in [0.05, 0.1) is 18.5 Å². The minimum absolute atomic E-state index is 0.107. The molecule has 4 nitrogen and oxygen atoms in total. The summed E-state index contributed by atoms with van der Waals surface area (Å²) in [6, 6.07) is 0. The Morgan fingerprint density at radius 3 is 2.43 bits per heavy atom. The van der Waals surface area contributed by atoms with Crippen molar-refractivity contribution in [2.75, 3.05) is 13.7 Å². The lowest BCUT2D eigenvalue weighted by atomic mass is 10.1. The first-order valence-electron chi connectivity index (χ1n) is 4.64. The van der Waals surface area contributed by atoms with Crippen molar-refractivity contribution in [3.63, 3.8) is 0 Å². The van der Waals surface area contributed by atoms with E-state index in [1.165, 1.54) is 6.33 Å². The maximum Gasteiger partial charge on any atom is 0.156 e. The summed E-state index contributed by atoms with van der Waals surface area (Å²) in [5.74, 6) is 1.11. The fraction of sp³-hybridized carbons (Fsp3) is 0.600. The average molecular weight is 196 g/mol. The van der Waals surface area contributed by atoms with Gasteiger partial charge in [-0.25, -0.2) is 9.97 Å². The Morgan fingerprint density at radius 1 is 1.29 bits per heavy atom. The van der Waals surface area contributed by atoms with Crippen LogP contribution in [-0.4, -0.2) is 29.8 Å². The molecular formula is C10H16N2O2. The number of ether oxygens (including phenoxy) is 2. The molecule has 1 aromatic rings. The van der Waals surface area contributed by atoms with Gasteiger partial charge in [0.2, 0.25) is 0 Å². The molecule has 1 unspecified atom stereocenters. The van der Waals surface area contributed by atoms with Crippen molar-refractivity contribution < 1.29 is 9.47 Å². The van der Waals surface area contributed by atoms with E-state index in [1.54, 1.807) is 19.5 Å². The van der Waals surface area contributed by atoms with Gasteiger partial charge in [0.15, 0.2) is 5.75 Å². The van der Waals surface area contributed by atoms with Crippen molar-refractivity contribution in [1.82, 2.24) is 9.97 Å². The van der Waals surface area contributed by atoms with Crippen molar-refractivity contribution in [2.45, 2.75) is 20.0 Å². The van der Waals surface area contributed by atoms with Crippen molar-refractivity contribution in [1.29, 1.82) is 0 Å². The second-order valence-corrected chi connectivity index (χ2v) is 3.40. The van der Waals surface area contributed by atoms with Crippen molar-refractivity contribution in [3.05, 3.63) is 18.7 Å². The molecule has 4 heteroatoms. The molecule has 14 heavy (non-hydrogen) atoms.